The lowest BCUT2D eigenvalue weighted by molar-refractivity contribution is -0.139. The molecule has 2 heterocycles. The largest absolute Gasteiger partial charge is 0.497 e. The number of aryl methyl sites for hydroxylation is 1. The number of hydrogen-bond donors (Lipinski definition) is 1. The number of carboxylic acids is 1. The van der Waals surface area contributed by atoms with Gasteiger partial charge in [-0.1, -0.05) is 12.1 Å². The zero-order chi connectivity index (χ0) is 26.2. The van der Waals surface area contributed by atoms with E-state index >= 15 is 4.39 Å². The number of fused-ring (bicyclic) bond motifs is 1. The Morgan fingerprint density at radius 2 is 2.05 bits per heavy atom. The van der Waals surface area contributed by atoms with Crippen molar-refractivity contribution >= 4 is 16.9 Å². The van der Waals surface area contributed by atoms with E-state index in [-0.39, 0.29) is 24.1 Å². The number of aliphatic carboxylic acids is 1. The molecule has 1 aliphatic heterocycles. The van der Waals surface area contributed by atoms with Crippen molar-refractivity contribution in [1.82, 2.24) is 9.88 Å². The number of rotatable bonds is 12. The standard InChI is InChI=1S/C30H36F2N2O3/c1-37-25-9-11-29-27(19-25)26(12-14-33-29)28(32)10-8-22-13-16-34(20-23(22)18-30(35)36)15-3-2-5-21-6-4-7-24(31)17-21/h4,6-7,9,11-12,14,17,19,22-23,28H,2-3,5,8,10,13,15-16,18,20H2,1H3,(H,35,36)/t22-,23+,28-/m1/s1. The van der Waals surface area contributed by atoms with Gasteiger partial charge in [0.05, 0.1) is 12.6 Å². The second kappa shape index (κ2) is 13.0. The number of piperidine rings is 1. The van der Waals surface area contributed by atoms with Crippen LogP contribution in [0.1, 0.15) is 55.8 Å². The predicted molar refractivity (Wildman–Crippen MR) is 141 cm³/mol. The number of pyridine rings is 1. The Kier molecular flexibility index (Phi) is 9.45. The van der Waals surface area contributed by atoms with E-state index < -0.39 is 12.1 Å². The molecular weight excluding hydrogens is 474 g/mol. The second-order valence-electron chi connectivity index (χ2n) is 10.1. The van der Waals surface area contributed by atoms with E-state index in [1.165, 1.54) is 6.07 Å². The zero-order valence-corrected chi connectivity index (χ0v) is 21.4. The van der Waals surface area contributed by atoms with Crippen LogP contribution in [0, 0.1) is 17.7 Å². The van der Waals surface area contributed by atoms with Gasteiger partial charge in [-0.3, -0.25) is 9.78 Å². The molecule has 2 aromatic carbocycles. The Balaban J connectivity index is 1.31. The molecule has 0 aliphatic carbocycles. The minimum absolute atomic E-state index is 0.0101. The molecule has 0 saturated carbocycles. The van der Waals surface area contributed by atoms with Crippen molar-refractivity contribution in [1.29, 1.82) is 0 Å². The van der Waals surface area contributed by atoms with Gasteiger partial charge in [0.25, 0.3) is 0 Å². The van der Waals surface area contributed by atoms with E-state index in [1.807, 2.05) is 24.3 Å². The Labute approximate surface area is 217 Å². The number of carbonyl (C=O) groups is 1. The highest BCUT2D eigenvalue weighted by Gasteiger charge is 2.31. The molecule has 0 unspecified atom stereocenters. The topological polar surface area (TPSA) is 62.7 Å². The van der Waals surface area contributed by atoms with Crippen LogP contribution < -0.4 is 4.74 Å². The Bertz CT molecular complexity index is 1190. The first kappa shape index (κ1) is 27.0. The third kappa shape index (κ3) is 7.48. The summed E-state index contributed by atoms with van der Waals surface area (Å²) in [7, 11) is 1.59. The Morgan fingerprint density at radius 1 is 1.19 bits per heavy atom. The van der Waals surface area contributed by atoms with Crippen LogP contribution in [0.25, 0.3) is 10.9 Å². The first-order valence-corrected chi connectivity index (χ1v) is 13.2. The number of halogens is 2. The molecule has 0 radical (unpaired) electrons. The predicted octanol–water partition coefficient (Wildman–Crippen LogP) is 6.61. The lowest BCUT2D eigenvalue weighted by atomic mass is 9.79. The van der Waals surface area contributed by atoms with E-state index in [0.717, 1.165) is 61.8 Å². The number of nitrogens with zero attached hydrogens (tertiary/aromatic N) is 2. The molecule has 1 saturated heterocycles. The van der Waals surface area contributed by atoms with Crippen LogP contribution in [0.5, 0.6) is 5.75 Å². The molecule has 1 fully saturated rings. The maximum absolute atomic E-state index is 15.5. The van der Waals surface area contributed by atoms with Gasteiger partial charge in [0.15, 0.2) is 0 Å². The summed E-state index contributed by atoms with van der Waals surface area (Å²) in [6.45, 7) is 2.52. The fourth-order valence-electron chi connectivity index (χ4n) is 5.61. The summed E-state index contributed by atoms with van der Waals surface area (Å²) in [6, 6.07) is 13.9. The molecule has 1 aromatic heterocycles. The third-order valence-corrected chi connectivity index (χ3v) is 7.60. The van der Waals surface area contributed by atoms with Gasteiger partial charge >= 0.3 is 5.97 Å². The molecule has 0 bridgehead atoms. The molecule has 3 atom stereocenters. The van der Waals surface area contributed by atoms with Crippen LogP contribution in [-0.2, 0) is 11.2 Å². The summed E-state index contributed by atoms with van der Waals surface area (Å²) in [4.78, 5) is 18.3. The number of likely N-dealkylation sites (tertiary alicyclic amines) is 1. The first-order valence-electron chi connectivity index (χ1n) is 13.2. The number of unbranched alkanes of at least 4 members (excludes halogenated alkanes) is 1. The van der Waals surface area contributed by atoms with Gasteiger partial charge in [-0.25, -0.2) is 8.78 Å². The highest BCUT2D eigenvalue weighted by Crippen LogP contribution is 2.36. The van der Waals surface area contributed by atoms with Gasteiger partial charge < -0.3 is 14.7 Å². The number of carboxylic acid groups (broad SMARTS) is 1. The van der Waals surface area contributed by atoms with Crippen molar-refractivity contribution in [3.8, 4) is 5.75 Å². The van der Waals surface area contributed by atoms with E-state index in [4.69, 9.17) is 4.74 Å². The van der Waals surface area contributed by atoms with E-state index in [2.05, 4.69) is 9.88 Å². The van der Waals surface area contributed by atoms with Crippen LogP contribution in [0.4, 0.5) is 8.78 Å². The van der Waals surface area contributed by atoms with Gasteiger partial charge in [0.2, 0.25) is 0 Å². The normalized spacial score (nSPS) is 19.1. The number of hydrogen-bond acceptors (Lipinski definition) is 4. The van der Waals surface area contributed by atoms with Gasteiger partial charge in [-0.2, -0.15) is 0 Å². The molecule has 3 aromatic rings. The van der Waals surface area contributed by atoms with Crippen molar-refractivity contribution in [2.24, 2.45) is 11.8 Å². The quantitative estimate of drug-likeness (QED) is 0.278. The number of alkyl halides is 1. The van der Waals surface area contributed by atoms with E-state index in [9.17, 15) is 14.3 Å². The zero-order valence-electron chi connectivity index (χ0n) is 21.4. The molecule has 1 N–H and O–H groups in total. The lowest BCUT2D eigenvalue weighted by Crippen LogP contribution is -2.41. The summed E-state index contributed by atoms with van der Waals surface area (Å²) >= 11 is 0. The number of methoxy groups -OCH3 is 1. The molecule has 0 amide bonds. The number of ether oxygens (including phenoxy) is 1. The smallest absolute Gasteiger partial charge is 0.303 e. The van der Waals surface area contributed by atoms with Crippen LogP contribution in [0.15, 0.2) is 54.7 Å². The van der Waals surface area contributed by atoms with Crippen LogP contribution >= 0.6 is 0 Å². The molecule has 5 nitrogen and oxygen atoms in total. The van der Waals surface area contributed by atoms with Crippen LogP contribution in [0.2, 0.25) is 0 Å². The van der Waals surface area contributed by atoms with E-state index in [0.29, 0.717) is 24.2 Å². The molecular formula is C30H36F2N2O3. The minimum atomic E-state index is -1.15. The van der Waals surface area contributed by atoms with Gasteiger partial charge in [0, 0.05) is 24.5 Å². The Morgan fingerprint density at radius 3 is 2.84 bits per heavy atom. The van der Waals surface area contributed by atoms with Crippen LogP contribution in [-0.4, -0.2) is 47.7 Å². The minimum Gasteiger partial charge on any atom is -0.497 e. The fourth-order valence-corrected chi connectivity index (χ4v) is 5.61. The lowest BCUT2D eigenvalue weighted by Gasteiger charge is -2.38. The summed E-state index contributed by atoms with van der Waals surface area (Å²) in [5.74, 6) is -0.148. The summed E-state index contributed by atoms with van der Waals surface area (Å²) < 4.78 is 34.2. The van der Waals surface area contributed by atoms with Crippen molar-refractivity contribution in [3.63, 3.8) is 0 Å². The number of aromatic nitrogens is 1. The molecule has 7 heteroatoms. The van der Waals surface area contributed by atoms with Crippen molar-refractivity contribution in [3.05, 3.63) is 71.7 Å². The Hall–Kier alpha value is -3.06. The average Bonchev–Trinajstić information content (AvgIpc) is 2.89. The highest BCUT2D eigenvalue weighted by molar-refractivity contribution is 5.83. The molecule has 37 heavy (non-hydrogen) atoms. The summed E-state index contributed by atoms with van der Waals surface area (Å²) in [5, 5.41) is 10.3. The van der Waals surface area contributed by atoms with E-state index in [1.54, 1.807) is 31.5 Å². The molecule has 4 rings (SSSR count). The summed E-state index contributed by atoms with van der Waals surface area (Å²) in [5.41, 5.74) is 2.34. The second-order valence-corrected chi connectivity index (χ2v) is 10.1. The number of benzene rings is 2. The highest BCUT2D eigenvalue weighted by atomic mass is 19.1. The van der Waals surface area contributed by atoms with Gasteiger partial charge in [-0.15, -0.1) is 0 Å². The maximum atomic E-state index is 15.5. The monoisotopic (exact) mass is 510 g/mol. The summed E-state index contributed by atoms with van der Waals surface area (Å²) in [6.07, 6.45) is 5.25. The molecule has 0 spiro atoms. The van der Waals surface area contributed by atoms with Crippen molar-refractivity contribution < 1.29 is 23.4 Å². The van der Waals surface area contributed by atoms with Crippen molar-refractivity contribution in [2.45, 2.75) is 51.1 Å². The molecule has 1 aliphatic rings. The van der Waals surface area contributed by atoms with Gasteiger partial charge in [0.1, 0.15) is 17.7 Å². The average molecular weight is 511 g/mol. The van der Waals surface area contributed by atoms with Gasteiger partial charge in [-0.05, 0) is 111 Å². The molecule has 198 valence electrons. The third-order valence-electron chi connectivity index (χ3n) is 7.60. The maximum Gasteiger partial charge on any atom is 0.303 e. The van der Waals surface area contributed by atoms with Crippen LogP contribution in [0.3, 0.4) is 0 Å². The first-order chi connectivity index (χ1) is 17.9. The van der Waals surface area contributed by atoms with Crippen molar-refractivity contribution in [2.75, 3.05) is 26.7 Å². The SMILES string of the molecule is COc1ccc2nccc([C@H](F)CC[C@@H]3CCN(CCCCc4cccc(F)c4)C[C@@H]3CC(=O)O)c2c1. The fraction of sp³-hybridized carbons (Fsp3) is 0.467.